The molecule has 0 aliphatic carbocycles. The molecule has 1 atom stereocenters. The Kier molecular flexibility index (Phi) is 6.13. The molecule has 0 aromatic rings. The number of halogens is 2. The molecule has 0 amide bonds. The maximum atomic E-state index is 11.7. The Bertz CT molecular complexity index is 272. The van der Waals surface area contributed by atoms with E-state index in [2.05, 4.69) is 5.32 Å². The first-order valence-electron chi connectivity index (χ1n) is 5.25. The summed E-state index contributed by atoms with van der Waals surface area (Å²) in [6.45, 7) is 4.85. The minimum atomic E-state index is -0.279. The maximum absolute atomic E-state index is 11.7. The fourth-order valence-corrected chi connectivity index (χ4v) is 1.86. The van der Waals surface area contributed by atoms with E-state index in [1.807, 2.05) is 4.90 Å². The van der Waals surface area contributed by atoms with Gasteiger partial charge >= 0.3 is 5.97 Å². The largest absolute Gasteiger partial charge is 0.465 e. The lowest BCUT2D eigenvalue weighted by Gasteiger charge is -2.34. The van der Waals surface area contributed by atoms with Crippen LogP contribution in [0, 0.1) is 0 Å². The Morgan fingerprint density at radius 3 is 3.06 bits per heavy atom. The van der Waals surface area contributed by atoms with Gasteiger partial charge in [-0.2, -0.15) is 0 Å². The van der Waals surface area contributed by atoms with Gasteiger partial charge in [-0.05, 0) is 6.92 Å². The number of ether oxygens (including phenoxy) is 1. The van der Waals surface area contributed by atoms with E-state index in [1.54, 1.807) is 6.92 Å². The Labute approximate surface area is 106 Å². The topological polar surface area (TPSA) is 41.6 Å². The van der Waals surface area contributed by atoms with E-state index < -0.39 is 0 Å². The summed E-state index contributed by atoms with van der Waals surface area (Å²) in [6.07, 6.45) is 0. The molecule has 1 saturated heterocycles. The molecule has 0 aromatic heterocycles. The minimum absolute atomic E-state index is 0.214. The quantitative estimate of drug-likeness (QED) is 0.776. The van der Waals surface area contributed by atoms with Crippen LogP contribution >= 0.6 is 23.2 Å². The van der Waals surface area contributed by atoms with E-state index in [4.69, 9.17) is 27.9 Å². The van der Waals surface area contributed by atoms with E-state index in [0.29, 0.717) is 24.7 Å². The minimum Gasteiger partial charge on any atom is -0.465 e. The lowest BCUT2D eigenvalue weighted by molar-refractivity contribution is -0.149. The van der Waals surface area contributed by atoms with Gasteiger partial charge < -0.3 is 10.1 Å². The van der Waals surface area contributed by atoms with Gasteiger partial charge in [0.1, 0.15) is 6.04 Å². The third kappa shape index (κ3) is 3.94. The van der Waals surface area contributed by atoms with Crippen molar-refractivity contribution < 1.29 is 9.53 Å². The first-order chi connectivity index (χ1) is 7.69. The first kappa shape index (κ1) is 13.8. The average molecular weight is 267 g/mol. The van der Waals surface area contributed by atoms with Crippen LogP contribution in [0.5, 0.6) is 0 Å². The van der Waals surface area contributed by atoms with Crippen LogP contribution in [0.15, 0.2) is 10.6 Å². The summed E-state index contributed by atoms with van der Waals surface area (Å²) in [4.78, 5) is 13.6. The molecule has 1 N–H and O–H groups in total. The molecule has 16 heavy (non-hydrogen) atoms. The van der Waals surface area contributed by atoms with E-state index in [9.17, 15) is 4.79 Å². The van der Waals surface area contributed by atoms with Gasteiger partial charge in [0.2, 0.25) is 0 Å². The summed E-state index contributed by atoms with van der Waals surface area (Å²) in [5.41, 5.74) is 1.33. The molecule has 1 unspecified atom stereocenters. The molecule has 1 aliphatic rings. The van der Waals surface area contributed by atoms with E-state index in [-0.39, 0.29) is 12.0 Å². The molecular formula is C10H16Cl2N2O2. The summed E-state index contributed by atoms with van der Waals surface area (Å²) >= 11 is 11.4. The van der Waals surface area contributed by atoms with Gasteiger partial charge in [0.05, 0.1) is 6.61 Å². The SMILES string of the molecule is CCOC(=O)C1CNCCN1CC(Cl)=CCl. The van der Waals surface area contributed by atoms with Crippen molar-refractivity contribution in [1.29, 1.82) is 0 Å². The van der Waals surface area contributed by atoms with Crippen LogP contribution in [0.25, 0.3) is 0 Å². The van der Waals surface area contributed by atoms with Gasteiger partial charge in [0.25, 0.3) is 0 Å². The standard InChI is InChI=1S/C10H16Cl2N2O2/c1-2-16-10(15)9-6-13-3-4-14(9)7-8(12)5-11/h5,9,13H,2-4,6-7H2,1H3. The molecule has 1 heterocycles. The zero-order chi connectivity index (χ0) is 12.0. The van der Waals surface area contributed by atoms with Crippen molar-refractivity contribution >= 4 is 29.2 Å². The van der Waals surface area contributed by atoms with Crippen molar-refractivity contribution in [1.82, 2.24) is 10.2 Å². The van der Waals surface area contributed by atoms with E-state index >= 15 is 0 Å². The molecule has 6 heteroatoms. The normalized spacial score (nSPS) is 23.2. The summed E-state index contributed by atoms with van der Waals surface area (Å²) in [7, 11) is 0. The lowest BCUT2D eigenvalue weighted by Crippen LogP contribution is -2.55. The molecule has 0 saturated carbocycles. The van der Waals surface area contributed by atoms with E-state index in [0.717, 1.165) is 13.1 Å². The number of hydrogen-bond acceptors (Lipinski definition) is 4. The molecule has 0 radical (unpaired) electrons. The number of esters is 1. The van der Waals surface area contributed by atoms with Gasteiger partial charge in [0, 0.05) is 36.7 Å². The maximum Gasteiger partial charge on any atom is 0.324 e. The van der Waals surface area contributed by atoms with Gasteiger partial charge in [-0.25, -0.2) is 0 Å². The van der Waals surface area contributed by atoms with Crippen LogP contribution in [0.1, 0.15) is 6.92 Å². The first-order valence-corrected chi connectivity index (χ1v) is 6.06. The van der Waals surface area contributed by atoms with Crippen LogP contribution in [0.2, 0.25) is 0 Å². The van der Waals surface area contributed by atoms with Gasteiger partial charge in [-0.1, -0.05) is 23.2 Å². The molecule has 0 spiro atoms. The van der Waals surface area contributed by atoms with Gasteiger partial charge in [-0.3, -0.25) is 9.69 Å². The molecule has 0 aromatic carbocycles. The third-order valence-electron chi connectivity index (χ3n) is 2.39. The molecule has 1 aliphatic heterocycles. The zero-order valence-electron chi connectivity index (χ0n) is 9.21. The highest BCUT2D eigenvalue weighted by molar-refractivity contribution is 6.36. The number of rotatable bonds is 4. The number of nitrogens with zero attached hydrogens (tertiary/aromatic N) is 1. The van der Waals surface area contributed by atoms with Crippen LogP contribution in [0.4, 0.5) is 0 Å². The Hall–Kier alpha value is -0.290. The lowest BCUT2D eigenvalue weighted by atomic mass is 10.2. The van der Waals surface area contributed by atoms with Crippen LogP contribution < -0.4 is 5.32 Å². The summed E-state index contributed by atoms with van der Waals surface area (Å²) in [5.74, 6) is -0.214. The molecule has 4 nitrogen and oxygen atoms in total. The molecule has 0 bridgehead atoms. The Morgan fingerprint density at radius 1 is 1.69 bits per heavy atom. The fraction of sp³-hybridized carbons (Fsp3) is 0.700. The average Bonchev–Trinajstić information content (AvgIpc) is 2.30. The van der Waals surface area contributed by atoms with Crippen LogP contribution in [-0.2, 0) is 9.53 Å². The fourth-order valence-electron chi connectivity index (χ4n) is 1.64. The molecule has 1 fully saturated rings. The van der Waals surface area contributed by atoms with E-state index in [1.165, 1.54) is 5.54 Å². The second kappa shape index (κ2) is 7.12. The number of carbonyl (C=O) groups excluding carboxylic acids is 1. The van der Waals surface area contributed by atoms with Crippen molar-refractivity contribution in [2.45, 2.75) is 13.0 Å². The monoisotopic (exact) mass is 266 g/mol. The number of nitrogens with one attached hydrogen (secondary N) is 1. The summed E-state index contributed by atoms with van der Waals surface area (Å²) < 4.78 is 5.01. The summed E-state index contributed by atoms with van der Waals surface area (Å²) in [6, 6.07) is -0.279. The van der Waals surface area contributed by atoms with Gasteiger partial charge in [-0.15, -0.1) is 0 Å². The molecular weight excluding hydrogens is 251 g/mol. The number of hydrogen-bond donors (Lipinski definition) is 1. The van der Waals surface area contributed by atoms with Gasteiger partial charge in [0.15, 0.2) is 0 Å². The predicted octanol–water partition coefficient (Wildman–Crippen LogP) is 1.14. The smallest absolute Gasteiger partial charge is 0.324 e. The van der Waals surface area contributed by atoms with Crippen LogP contribution in [-0.4, -0.2) is 49.7 Å². The number of carbonyl (C=O) groups is 1. The molecule has 92 valence electrons. The van der Waals surface area contributed by atoms with Crippen LogP contribution in [0.3, 0.4) is 0 Å². The highest BCUT2D eigenvalue weighted by Crippen LogP contribution is 2.12. The third-order valence-corrected chi connectivity index (χ3v) is 2.99. The Balaban J connectivity index is 2.59. The van der Waals surface area contributed by atoms with Crippen molar-refractivity contribution in [3.8, 4) is 0 Å². The zero-order valence-corrected chi connectivity index (χ0v) is 10.7. The predicted molar refractivity (Wildman–Crippen MR) is 64.7 cm³/mol. The Morgan fingerprint density at radius 2 is 2.44 bits per heavy atom. The molecule has 1 rings (SSSR count). The highest BCUT2D eigenvalue weighted by Gasteiger charge is 2.29. The highest BCUT2D eigenvalue weighted by atomic mass is 35.5. The second-order valence-corrected chi connectivity index (χ2v) is 4.20. The van der Waals surface area contributed by atoms with Crippen molar-refractivity contribution in [3.05, 3.63) is 10.6 Å². The van der Waals surface area contributed by atoms with Crippen molar-refractivity contribution in [2.75, 3.05) is 32.8 Å². The second-order valence-electron chi connectivity index (χ2n) is 3.50. The van der Waals surface area contributed by atoms with Crippen molar-refractivity contribution in [2.24, 2.45) is 0 Å². The summed E-state index contributed by atoms with van der Waals surface area (Å²) in [5, 5.41) is 3.68. The van der Waals surface area contributed by atoms with Crippen molar-refractivity contribution in [3.63, 3.8) is 0 Å². The number of piperazine rings is 1.